The highest BCUT2D eigenvalue weighted by atomic mass is 35.5. The third-order valence-electron chi connectivity index (χ3n) is 4.02. The van der Waals surface area contributed by atoms with Crippen LogP contribution < -0.4 is 9.47 Å². The summed E-state index contributed by atoms with van der Waals surface area (Å²) in [4.78, 5) is 11.7. The molecule has 0 aliphatic carbocycles. The van der Waals surface area contributed by atoms with Gasteiger partial charge < -0.3 is 24.1 Å². The van der Waals surface area contributed by atoms with Gasteiger partial charge >= 0.3 is 5.97 Å². The third kappa shape index (κ3) is 3.04. The van der Waals surface area contributed by atoms with E-state index in [4.69, 9.17) is 30.5 Å². The van der Waals surface area contributed by atoms with E-state index in [1.165, 1.54) is 20.3 Å². The Hall–Kier alpha value is -2.28. The highest BCUT2D eigenvalue weighted by Crippen LogP contribution is 2.43. The van der Waals surface area contributed by atoms with E-state index in [1.807, 2.05) is 0 Å². The van der Waals surface area contributed by atoms with Gasteiger partial charge in [0.15, 0.2) is 11.5 Å². The van der Waals surface area contributed by atoms with Crippen LogP contribution in [0.2, 0.25) is 5.02 Å². The van der Waals surface area contributed by atoms with E-state index in [-0.39, 0.29) is 5.56 Å². The molecule has 1 saturated heterocycles. The number of carboxylic acids is 1. The maximum absolute atomic E-state index is 11.7. The van der Waals surface area contributed by atoms with Gasteiger partial charge in [-0.2, -0.15) is 0 Å². The number of carboxylic acid groups (broad SMARTS) is 1. The third-order valence-corrected chi connectivity index (χ3v) is 4.26. The van der Waals surface area contributed by atoms with Gasteiger partial charge in [0.2, 0.25) is 5.79 Å². The van der Waals surface area contributed by atoms with Crippen LogP contribution in [0, 0.1) is 0 Å². The van der Waals surface area contributed by atoms with Gasteiger partial charge in [-0.25, -0.2) is 4.79 Å². The van der Waals surface area contributed by atoms with Crippen molar-refractivity contribution >= 4 is 17.6 Å². The molecule has 0 bridgehead atoms. The molecule has 1 N–H and O–H groups in total. The number of benzene rings is 2. The Morgan fingerprint density at radius 3 is 2.36 bits per heavy atom. The van der Waals surface area contributed by atoms with E-state index < -0.39 is 11.8 Å². The summed E-state index contributed by atoms with van der Waals surface area (Å²) in [5.41, 5.74) is 0.991. The van der Waals surface area contributed by atoms with Crippen molar-refractivity contribution in [1.29, 1.82) is 0 Å². The minimum atomic E-state index is -1.35. The molecule has 0 radical (unpaired) electrons. The summed E-state index contributed by atoms with van der Waals surface area (Å²) in [5.74, 6) is -1.42. The number of halogens is 1. The lowest BCUT2D eigenvalue weighted by molar-refractivity contribution is -0.130. The first-order valence-electron chi connectivity index (χ1n) is 7.55. The first kappa shape index (κ1) is 17.5. The smallest absolute Gasteiger partial charge is 0.336 e. The van der Waals surface area contributed by atoms with E-state index in [0.717, 1.165) is 0 Å². The molecule has 1 heterocycles. The Balaban J connectivity index is 2.21. The second-order valence-electron chi connectivity index (χ2n) is 5.38. The first-order chi connectivity index (χ1) is 12.0. The summed E-state index contributed by atoms with van der Waals surface area (Å²) < 4.78 is 22.4. The maximum Gasteiger partial charge on any atom is 0.336 e. The quantitative estimate of drug-likeness (QED) is 0.877. The van der Waals surface area contributed by atoms with Crippen molar-refractivity contribution in [3.8, 4) is 11.5 Å². The van der Waals surface area contributed by atoms with Crippen molar-refractivity contribution < 1.29 is 28.8 Å². The fraction of sp³-hybridized carbons (Fsp3) is 0.278. The second-order valence-corrected chi connectivity index (χ2v) is 5.81. The molecule has 132 valence electrons. The summed E-state index contributed by atoms with van der Waals surface area (Å²) in [6.45, 7) is 0.659. The van der Waals surface area contributed by atoms with E-state index in [9.17, 15) is 9.90 Å². The number of hydrogen-bond acceptors (Lipinski definition) is 5. The second kappa shape index (κ2) is 6.92. The summed E-state index contributed by atoms with van der Waals surface area (Å²) >= 11 is 5.96. The van der Waals surface area contributed by atoms with Crippen LogP contribution in [-0.4, -0.2) is 38.5 Å². The minimum absolute atomic E-state index is 0.0178. The predicted octanol–water partition coefficient (Wildman–Crippen LogP) is 3.30. The summed E-state index contributed by atoms with van der Waals surface area (Å²) in [6, 6.07) is 9.78. The van der Waals surface area contributed by atoms with Crippen LogP contribution in [0.25, 0.3) is 0 Å². The molecule has 0 unspecified atom stereocenters. The molecule has 2 aromatic carbocycles. The van der Waals surface area contributed by atoms with Crippen molar-refractivity contribution in [3.63, 3.8) is 0 Å². The number of methoxy groups -OCH3 is 2. The van der Waals surface area contributed by atoms with Crippen molar-refractivity contribution in [2.45, 2.75) is 5.79 Å². The Bertz CT molecular complexity index is 798. The Kier molecular flexibility index (Phi) is 4.85. The van der Waals surface area contributed by atoms with E-state index in [0.29, 0.717) is 40.9 Å². The molecule has 3 rings (SSSR count). The monoisotopic (exact) mass is 364 g/mol. The number of carbonyl (C=O) groups is 1. The van der Waals surface area contributed by atoms with Gasteiger partial charge in [0, 0.05) is 16.1 Å². The molecule has 25 heavy (non-hydrogen) atoms. The summed E-state index contributed by atoms with van der Waals surface area (Å²) in [7, 11) is 3.06. The van der Waals surface area contributed by atoms with Gasteiger partial charge in [0.25, 0.3) is 0 Å². The van der Waals surface area contributed by atoms with Gasteiger partial charge in [-0.3, -0.25) is 0 Å². The molecule has 0 spiro atoms. The molecule has 1 aliphatic heterocycles. The Morgan fingerprint density at radius 2 is 1.76 bits per heavy atom. The van der Waals surface area contributed by atoms with Crippen LogP contribution in [0.5, 0.6) is 11.5 Å². The average Bonchev–Trinajstić information content (AvgIpc) is 3.11. The fourth-order valence-electron chi connectivity index (χ4n) is 2.91. The van der Waals surface area contributed by atoms with Gasteiger partial charge in [-0.15, -0.1) is 0 Å². The van der Waals surface area contributed by atoms with Crippen LogP contribution in [0.4, 0.5) is 0 Å². The highest BCUT2D eigenvalue weighted by molar-refractivity contribution is 6.31. The highest BCUT2D eigenvalue weighted by Gasteiger charge is 2.43. The number of rotatable bonds is 5. The zero-order valence-electron chi connectivity index (χ0n) is 13.7. The number of hydrogen-bond donors (Lipinski definition) is 1. The SMILES string of the molecule is COc1ccc(C2(c3ccc(Cl)cc3C(=O)O)OCCO2)cc1OC. The van der Waals surface area contributed by atoms with E-state index in [1.54, 1.807) is 30.3 Å². The lowest BCUT2D eigenvalue weighted by Gasteiger charge is -2.30. The molecule has 2 aromatic rings. The largest absolute Gasteiger partial charge is 0.493 e. The maximum atomic E-state index is 11.7. The normalized spacial score (nSPS) is 15.8. The van der Waals surface area contributed by atoms with Crippen LogP contribution in [0.15, 0.2) is 36.4 Å². The van der Waals surface area contributed by atoms with Gasteiger partial charge in [0.1, 0.15) is 0 Å². The predicted molar refractivity (Wildman–Crippen MR) is 90.6 cm³/mol. The molecular formula is C18H17ClO6. The van der Waals surface area contributed by atoms with Crippen LogP contribution in [-0.2, 0) is 15.3 Å². The van der Waals surface area contributed by atoms with Crippen LogP contribution >= 0.6 is 11.6 Å². The fourth-order valence-corrected chi connectivity index (χ4v) is 3.08. The average molecular weight is 365 g/mol. The van der Waals surface area contributed by atoms with Gasteiger partial charge in [-0.05, 0) is 30.3 Å². The lowest BCUT2D eigenvalue weighted by Crippen LogP contribution is -2.31. The van der Waals surface area contributed by atoms with Crippen molar-refractivity contribution in [1.82, 2.24) is 0 Å². The molecule has 0 amide bonds. The lowest BCUT2D eigenvalue weighted by atomic mass is 9.92. The standard InChI is InChI=1S/C18H17ClO6/c1-22-15-6-3-11(9-16(15)23-2)18(24-7-8-25-18)14-5-4-12(19)10-13(14)17(20)21/h3-6,9-10H,7-8H2,1-2H3,(H,20,21). The minimum Gasteiger partial charge on any atom is -0.493 e. The number of aromatic carboxylic acids is 1. The van der Waals surface area contributed by atoms with Crippen molar-refractivity contribution in [2.75, 3.05) is 27.4 Å². The zero-order valence-corrected chi connectivity index (χ0v) is 14.5. The first-order valence-corrected chi connectivity index (χ1v) is 7.93. The van der Waals surface area contributed by atoms with E-state index in [2.05, 4.69) is 0 Å². The molecule has 1 fully saturated rings. The van der Waals surface area contributed by atoms with Crippen molar-refractivity contribution in [3.05, 3.63) is 58.1 Å². The Labute approximate surface area is 149 Å². The summed E-state index contributed by atoms with van der Waals surface area (Å²) in [6.07, 6.45) is 0. The van der Waals surface area contributed by atoms with Crippen LogP contribution in [0.1, 0.15) is 21.5 Å². The van der Waals surface area contributed by atoms with Gasteiger partial charge in [-0.1, -0.05) is 17.7 Å². The van der Waals surface area contributed by atoms with Gasteiger partial charge in [0.05, 0.1) is 33.0 Å². The topological polar surface area (TPSA) is 74.2 Å². The molecule has 0 atom stereocenters. The van der Waals surface area contributed by atoms with Crippen LogP contribution in [0.3, 0.4) is 0 Å². The van der Waals surface area contributed by atoms with Crippen molar-refractivity contribution in [2.24, 2.45) is 0 Å². The molecule has 6 nitrogen and oxygen atoms in total. The molecule has 1 aliphatic rings. The van der Waals surface area contributed by atoms with E-state index >= 15 is 0 Å². The molecule has 7 heteroatoms. The molecule has 0 aromatic heterocycles. The zero-order chi connectivity index (χ0) is 18.0. The Morgan fingerprint density at radius 1 is 1.08 bits per heavy atom. The molecular weight excluding hydrogens is 348 g/mol. The summed E-state index contributed by atoms with van der Waals surface area (Å²) in [5, 5.41) is 9.90. The molecule has 0 saturated carbocycles. The number of ether oxygens (including phenoxy) is 4.